The molecule has 2 rings (SSSR count). The van der Waals surface area contributed by atoms with Crippen molar-refractivity contribution in [3.8, 4) is 0 Å². The number of ether oxygens (including phenoxy) is 1. The number of thiocarbonyl (C=S) groups is 1. The predicted molar refractivity (Wildman–Crippen MR) is 44.0 cm³/mol. The van der Waals surface area contributed by atoms with Gasteiger partial charge < -0.3 is 4.74 Å². The molecule has 0 N–H and O–H groups in total. The van der Waals surface area contributed by atoms with Crippen molar-refractivity contribution in [2.75, 3.05) is 6.61 Å². The monoisotopic (exact) mass is 156 g/mol. The summed E-state index contributed by atoms with van der Waals surface area (Å²) in [5.74, 6) is 1.42. The lowest BCUT2D eigenvalue weighted by atomic mass is 9.82. The van der Waals surface area contributed by atoms with E-state index in [-0.39, 0.29) is 0 Å². The summed E-state index contributed by atoms with van der Waals surface area (Å²) < 4.78 is 5.33. The molecule has 1 heterocycles. The summed E-state index contributed by atoms with van der Waals surface area (Å²) in [6, 6.07) is 0. The van der Waals surface area contributed by atoms with Gasteiger partial charge in [-0.2, -0.15) is 0 Å². The molecule has 10 heavy (non-hydrogen) atoms. The van der Waals surface area contributed by atoms with E-state index in [9.17, 15) is 0 Å². The van der Waals surface area contributed by atoms with Crippen LogP contribution in [0.1, 0.15) is 25.7 Å². The van der Waals surface area contributed by atoms with Gasteiger partial charge in [-0.25, -0.2) is 0 Å². The second-order valence-corrected chi connectivity index (χ2v) is 3.68. The molecule has 0 spiro atoms. The zero-order valence-corrected chi connectivity index (χ0v) is 6.82. The molecule has 2 fully saturated rings. The molecule has 2 atom stereocenters. The van der Waals surface area contributed by atoms with E-state index >= 15 is 0 Å². The van der Waals surface area contributed by atoms with Gasteiger partial charge in [0.2, 0.25) is 0 Å². The molecule has 1 aliphatic carbocycles. The highest BCUT2D eigenvalue weighted by Gasteiger charge is 2.35. The van der Waals surface area contributed by atoms with E-state index in [1.165, 1.54) is 25.7 Å². The van der Waals surface area contributed by atoms with Crippen LogP contribution < -0.4 is 0 Å². The van der Waals surface area contributed by atoms with E-state index in [4.69, 9.17) is 17.0 Å². The van der Waals surface area contributed by atoms with Crippen molar-refractivity contribution in [2.24, 2.45) is 11.8 Å². The quantitative estimate of drug-likeness (QED) is 0.497. The van der Waals surface area contributed by atoms with E-state index in [2.05, 4.69) is 0 Å². The molecule has 0 aromatic carbocycles. The van der Waals surface area contributed by atoms with Crippen molar-refractivity contribution >= 4 is 17.3 Å². The molecule has 0 radical (unpaired) electrons. The van der Waals surface area contributed by atoms with E-state index in [0.29, 0.717) is 5.92 Å². The highest BCUT2D eigenvalue weighted by atomic mass is 32.1. The van der Waals surface area contributed by atoms with E-state index in [0.717, 1.165) is 17.6 Å². The molecule has 0 aromatic heterocycles. The average Bonchev–Trinajstić information content (AvgIpc) is 2.34. The largest absolute Gasteiger partial charge is 0.486 e. The summed E-state index contributed by atoms with van der Waals surface area (Å²) in [5.41, 5.74) is 0. The lowest BCUT2D eigenvalue weighted by Crippen LogP contribution is -2.18. The molecule has 2 heteroatoms. The maximum absolute atomic E-state index is 5.33. The minimum atomic E-state index is 0.642. The van der Waals surface area contributed by atoms with E-state index in [1.807, 2.05) is 0 Å². The molecular formula is C8H12OS. The Labute approximate surface area is 66.8 Å². The SMILES string of the molecule is S=C1OCC2CCCCC12. The highest BCUT2D eigenvalue weighted by molar-refractivity contribution is 7.80. The number of rotatable bonds is 0. The molecule has 2 unspecified atom stereocenters. The summed E-state index contributed by atoms with van der Waals surface area (Å²) in [5, 5.41) is 0.893. The summed E-state index contributed by atoms with van der Waals surface area (Å²) in [7, 11) is 0. The van der Waals surface area contributed by atoms with Gasteiger partial charge in [-0.1, -0.05) is 12.8 Å². The van der Waals surface area contributed by atoms with Crippen LogP contribution in [0, 0.1) is 11.8 Å². The topological polar surface area (TPSA) is 9.23 Å². The molecule has 1 aliphatic heterocycles. The molecule has 1 saturated heterocycles. The Bertz CT molecular complexity index is 155. The maximum atomic E-state index is 5.33. The van der Waals surface area contributed by atoms with Crippen molar-refractivity contribution in [1.82, 2.24) is 0 Å². The van der Waals surface area contributed by atoms with Gasteiger partial charge in [0.15, 0.2) is 5.05 Å². The van der Waals surface area contributed by atoms with Gasteiger partial charge in [0.1, 0.15) is 0 Å². The first-order valence-corrected chi connectivity index (χ1v) is 4.45. The maximum Gasteiger partial charge on any atom is 0.163 e. The van der Waals surface area contributed by atoms with Crippen LogP contribution in [0.4, 0.5) is 0 Å². The molecule has 56 valence electrons. The minimum absolute atomic E-state index is 0.642. The minimum Gasteiger partial charge on any atom is -0.486 e. The molecule has 2 aliphatic rings. The van der Waals surface area contributed by atoms with Crippen LogP contribution in [-0.2, 0) is 4.74 Å². The van der Waals surface area contributed by atoms with Gasteiger partial charge in [-0.15, -0.1) is 0 Å². The fourth-order valence-corrected chi connectivity index (χ4v) is 2.39. The van der Waals surface area contributed by atoms with Crippen LogP contribution in [0.5, 0.6) is 0 Å². The van der Waals surface area contributed by atoms with E-state index < -0.39 is 0 Å². The number of hydrogen-bond donors (Lipinski definition) is 0. The molecule has 1 nitrogen and oxygen atoms in total. The third-order valence-electron chi connectivity index (χ3n) is 2.65. The predicted octanol–water partition coefficient (Wildman–Crippen LogP) is 2.15. The molecule has 1 saturated carbocycles. The smallest absolute Gasteiger partial charge is 0.163 e. The van der Waals surface area contributed by atoms with E-state index in [1.54, 1.807) is 0 Å². The average molecular weight is 156 g/mol. The fraction of sp³-hybridized carbons (Fsp3) is 0.875. The summed E-state index contributed by atoms with van der Waals surface area (Å²) in [6.07, 6.45) is 5.35. The number of fused-ring (bicyclic) bond motifs is 1. The van der Waals surface area contributed by atoms with Gasteiger partial charge in [-0.3, -0.25) is 0 Å². The van der Waals surface area contributed by atoms with Crippen LogP contribution >= 0.6 is 12.2 Å². The third-order valence-corrected chi connectivity index (χ3v) is 3.07. The lowest BCUT2D eigenvalue weighted by Gasteiger charge is -2.20. The first-order chi connectivity index (χ1) is 4.88. The van der Waals surface area contributed by atoms with Crippen LogP contribution in [0.15, 0.2) is 0 Å². The first kappa shape index (κ1) is 6.59. The Balaban J connectivity index is 2.08. The Kier molecular flexibility index (Phi) is 1.65. The van der Waals surface area contributed by atoms with Gasteiger partial charge in [-0.05, 0) is 25.1 Å². The molecular weight excluding hydrogens is 144 g/mol. The summed E-state index contributed by atoms with van der Waals surface area (Å²) >= 11 is 5.09. The Morgan fingerprint density at radius 2 is 2.10 bits per heavy atom. The van der Waals surface area contributed by atoms with Gasteiger partial charge in [0.05, 0.1) is 6.61 Å². The third kappa shape index (κ3) is 0.947. The Hall–Kier alpha value is -0.110. The Morgan fingerprint density at radius 3 is 2.90 bits per heavy atom. The normalized spacial score (nSPS) is 39.0. The molecule has 0 aromatic rings. The van der Waals surface area contributed by atoms with Crippen molar-refractivity contribution in [3.63, 3.8) is 0 Å². The number of hydrogen-bond acceptors (Lipinski definition) is 2. The van der Waals surface area contributed by atoms with Crippen molar-refractivity contribution in [1.29, 1.82) is 0 Å². The van der Waals surface area contributed by atoms with Gasteiger partial charge >= 0.3 is 0 Å². The summed E-state index contributed by atoms with van der Waals surface area (Å²) in [6.45, 7) is 0.906. The van der Waals surface area contributed by atoms with Gasteiger partial charge in [0, 0.05) is 11.8 Å². The zero-order valence-electron chi connectivity index (χ0n) is 6.01. The second-order valence-electron chi connectivity index (χ2n) is 3.28. The zero-order chi connectivity index (χ0) is 6.97. The highest BCUT2D eigenvalue weighted by Crippen LogP contribution is 2.35. The van der Waals surface area contributed by atoms with Crippen LogP contribution in [0.2, 0.25) is 0 Å². The second kappa shape index (κ2) is 2.50. The van der Waals surface area contributed by atoms with Crippen molar-refractivity contribution < 1.29 is 4.74 Å². The van der Waals surface area contributed by atoms with Crippen molar-refractivity contribution in [3.05, 3.63) is 0 Å². The molecule has 0 bridgehead atoms. The summed E-state index contributed by atoms with van der Waals surface area (Å²) in [4.78, 5) is 0. The first-order valence-electron chi connectivity index (χ1n) is 4.04. The van der Waals surface area contributed by atoms with Crippen LogP contribution in [0.25, 0.3) is 0 Å². The van der Waals surface area contributed by atoms with Gasteiger partial charge in [0.25, 0.3) is 0 Å². The van der Waals surface area contributed by atoms with Crippen molar-refractivity contribution in [2.45, 2.75) is 25.7 Å². The Morgan fingerprint density at radius 1 is 1.30 bits per heavy atom. The fourth-order valence-electron chi connectivity index (χ4n) is 2.01. The molecule has 0 amide bonds. The van der Waals surface area contributed by atoms with Crippen LogP contribution in [0.3, 0.4) is 0 Å². The lowest BCUT2D eigenvalue weighted by molar-refractivity contribution is 0.259. The van der Waals surface area contributed by atoms with Crippen LogP contribution in [-0.4, -0.2) is 11.7 Å². The standard InChI is InChI=1S/C8H12OS/c10-8-7-4-2-1-3-6(7)5-9-8/h6-7H,1-5H2.